The lowest BCUT2D eigenvalue weighted by atomic mass is 10.1. The van der Waals surface area contributed by atoms with Gasteiger partial charge in [0.25, 0.3) is 11.8 Å². The number of rotatable bonds is 6. The van der Waals surface area contributed by atoms with Crippen LogP contribution in [-0.2, 0) is 7.05 Å². The third kappa shape index (κ3) is 3.88. The molecule has 11 heteroatoms. The van der Waals surface area contributed by atoms with Crippen LogP contribution < -0.4 is 10.1 Å². The minimum Gasteiger partial charge on any atom is -0.463 e. The Morgan fingerprint density at radius 3 is 2.82 bits per heavy atom. The molecule has 2 amide bonds. The number of nitrogens with zero attached hydrogens (tertiary/aromatic N) is 6. The zero-order chi connectivity index (χ0) is 22.9. The Labute approximate surface area is 187 Å². The first kappa shape index (κ1) is 20.6. The number of carbonyl (C=O) groups is 2. The van der Waals surface area contributed by atoms with E-state index in [1.165, 1.54) is 10.9 Å². The molecule has 1 fully saturated rings. The zero-order valence-electron chi connectivity index (χ0n) is 17.7. The number of anilines is 1. The maximum absolute atomic E-state index is 13.0. The van der Waals surface area contributed by atoms with E-state index in [4.69, 9.17) is 4.74 Å². The van der Waals surface area contributed by atoms with Crippen LogP contribution in [-0.4, -0.2) is 61.0 Å². The van der Waals surface area contributed by atoms with Crippen molar-refractivity contribution in [2.45, 2.75) is 6.42 Å². The van der Waals surface area contributed by atoms with Crippen molar-refractivity contribution in [2.75, 3.05) is 25.3 Å². The molecule has 0 atom stereocenters. The van der Waals surface area contributed by atoms with Crippen molar-refractivity contribution < 1.29 is 18.7 Å². The van der Waals surface area contributed by atoms with Gasteiger partial charge in [-0.3, -0.25) is 14.3 Å². The average molecular weight is 449 g/mol. The normalized spacial score (nSPS) is 13.1. The molecule has 1 aliphatic rings. The second-order valence-electron chi connectivity index (χ2n) is 7.57. The van der Waals surface area contributed by atoms with Gasteiger partial charge in [-0.1, -0.05) is 12.1 Å². The van der Waals surface area contributed by atoms with Crippen LogP contribution in [0, 0.1) is 0 Å². The fraction of sp³-hybridized carbons (Fsp3) is 0.227. The first-order chi connectivity index (χ1) is 16.0. The molecule has 0 unspecified atom stereocenters. The minimum absolute atomic E-state index is 0.193. The molecule has 10 nitrogen and oxygen atoms in total. The van der Waals surface area contributed by atoms with Crippen LogP contribution in [0.15, 0.2) is 48.8 Å². The van der Waals surface area contributed by atoms with Gasteiger partial charge in [-0.15, -0.1) is 5.10 Å². The second-order valence-corrected chi connectivity index (χ2v) is 7.57. The van der Waals surface area contributed by atoms with Crippen LogP contribution in [0.4, 0.5) is 10.1 Å². The van der Waals surface area contributed by atoms with Gasteiger partial charge in [0.15, 0.2) is 11.5 Å². The predicted molar refractivity (Wildman–Crippen MR) is 117 cm³/mol. The summed E-state index contributed by atoms with van der Waals surface area (Å²) in [6.07, 6.45) is 4.05. The number of nitrogens with one attached hydrogen (secondary N) is 1. The van der Waals surface area contributed by atoms with E-state index >= 15 is 0 Å². The topological polar surface area (TPSA) is 107 Å². The number of aromatic nitrogens is 5. The largest absolute Gasteiger partial charge is 0.463 e. The van der Waals surface area contributed by atoms with Crippen LogP contribution in [0.25, 0.3) is 17.0 Å². The van der Waals surface area contributed by atoms with E-state index in [1.807, 2.05) is 0 Å². The highest BCUT2D eigenvalue weighted by molar-refractivity contribution is 6.11. The van der Waals surface area contributed by atoms with Crippen molar-refractivity contribution in [1.82, 2.24) is 29.3 Å². The predicted octanol–water partition coefficient (Wildman–Crippen LogP) is 2.53. The number of pyridine rings is 1. The molecule has 0 aliphatic carbocycles. The minimum atomic E-state index is -0.924. The summed E-state index contributed by atoms with van der Waals surface area (Å²) >= 11 is 0. The molecule has 0 bridgehead atoms. The van der Waals surface area contributed by atoms with E-state index in [-0.39, 0.29) is 17.2 Å². The van der Waals surface area contributed by atoms with E-state index in [2.05, 4.69) is 20.5 Å². The molecule has 4 aromatic rings. The van der Waals surface area contributed by atoms with E-state index in [0.29, 0.717) is 41.6 Å². The first-order valence-electron chi connectivity index (χ1n) is 10.3. The number of benzene rings is 1. The number of hydrogen-bond acceptors (Lipinski definition) is 6. The highest BCUT2D eigenvalue weighted by Gasteiger charge is 2.28. The maximum atomic E-state index is 13.0. The van der Waals surface area contributed by atoms with Gasteiger partial charge in [0.1, 0.15) is 11.4 Å². The van der Waals surface area contributed by atoms with Crippen LogP contribution >= 0.6 is 0 Å². The fourth-order valence-corrected chi connectivity index (χ4v) is 3.61. The molecule has 5 rings (SSSR count). The van der Waals surface area contributed by atoms with Gasteiger partial charge in [0.05, 0.1) is 11.8 Å². The van der Waals surface area contributed by atoms with Crippen molar-refractivity contribution >= 4 is 23.1 Å². The van der Waals surface area contributed by atoms with Crippen molar-refractivity contribution in [3.63, 3.8) is 0 Å². The monoisotopic (exact) mass is 449 g/mol. The maximum Gasteiger partial charge on any atom is 0.274 e. The molecule has 1 aliphatic heterocycles. The Morgan fingerprint density at radius 2 is 2.06 bits per heavy atom. The number of amides is 2. The number of ether oxygens (including phenoxy) is 1. The number of fused-ring (bicyclic) bond motifs is 1. The fourth-order valence-electron chi connectivity index (χ4n) is 3.61. The van der Waals surface area contributed by atoms with Crippen LogP contribution in [0.5, 0.6) is 5.75 Å². The molecule has 168 valence electrons. The highest BCUT2D eigenvalue weighted by Crippen LogP contribution is 2.23. The molecule has 1 N–H and O–H groups in total. The standard InChI is InChI=1S/C22H20FN7O3/c1-28-19(17(12-24-28)22(32)29-7-3-8-29)21(31)25-15-6-9-30-18(11-15)26-20(27-30)14-4-2-5-16(10-14)33-13-23/h2,4-6,9-12H,3,7-8,13H2,1H3,(H,25,31). The van der Waals surface area contributed by atoms with E-state index in [9.17, 15) is 14.0 Å². The number of aryl methyl sites for hydroxylation is 1. The summed E-state index contributed by atoms with van der Waals surface area (Å²) < 4.78 is 20.3. The smallest absolute Gasteiger partial charge is 0.274 e. The average Bonchev–Trinajstić information content (AvgIpc) is 3.36. The molecule has 4 heterocycles. The second kappa shape index (κ2) is 8.34. The van der Waals surface area contributed by atoms with E-state index in [1.54, 1.807) is 59.1 Å². The number of likely N-dealkylation sites (tertiary alicyclic amines) is 1. The summed E-state index contributed by atoms with van der Waals surface area (Å²) in [5.74, 6) is 0.161. The van der Waals surface area contributed by atoms with Gasteiger partial charge in [-0.25, -0.2) is 13.9 Å². The third-order valence-electron chi connectivity index (χ3n) is 5.44. The summed E-state index contributed by atoms with van der Waals surface area (Å²) in [6, 6.07) is 10.2. The summed E-state index contributed by atoms with van der Waals surface area (Å²) in [6.45, 7) is 0.445. The summed E-state index contributed by atoms with van der Waals surface area (Å²) in [7, 11) is 1.62. The van der Waals surface area contributed by atoms with Gasteiger partial charge in [-0.05, 0) is 24.6 Å². The number of carbonyl (C=O) groups excluding carboxylic acids is 2. The Balaban J connectivity index is 1.39. The SMILES string of the molecule is Cn1ncc(C(=O)N2CCC2)c1C(=O)Nc1ccn2nc(-c3cccc(OCF)c3)nc2c1. The quantitative estimate of drug-likeness (QED) is 0.485. The summed E-state index contributed by atoms with van der Waals surface area (Å²) in [5, 5.41) is 11.3. The van der Waals surface area contributed by atoms with Gasteiger partial charge < -0.3 is 15.0 Å². The van der Waals surface area contributed by atoms with E-state index in [0.717, 1.165) is 6.42 Å². The molecule has 1 saturated heterocycles. The lowest BCUT2D eigenvalue weighted by Gasteiger charge is -2.30. The van der Waals surface area contributed by atoms with Gasteiger partial charge in [0, 0.05) is 43.7 Å². The highest BCUT2D eigenvalue weighted by atomic mass is 19.1. The third-order valence-corrected chi connectivity index (χ3v) is 5.44. The van der Waals surface area contributed by atoms with Crippen molar-refractivity contribution in [3.05, 3.63) is 60.0 Å². The van der Waals surface area contributed by atoms with Gasteiger partial charge >= 0.3 is 0 Å². The van der Waals surface area contributed by atoms with Crippen molar-refractivity contribution in [2.24, 2.45) is 7.05 Å². The molecular formula is C22H20FN7O3. The van der Waals surface area contributed by atoms with Crippen LogP contribution in [0.1, 0.15) is 27.3 Å². The molecule has 0 spiro atoms. The number of hydrogen-bond donors (Lipinski definition) is 1. The summed E-state index contributed by atoms with van der Waals surface area (Å²) in [5.41, 5.74) is 2.12. The number of halogens is 1. The number of alkyl halides is 1. The van der Waals surface area contributed by atoms with Gasteiger partial charge in [0.2, 0.25) is 6.86 Å². The Morgan fingerprint density at radius 1 is 1.21 bits per heavy atom. The molecular weight excluding hydrogens is 429 g/mol. The molecule has 33 heavy (non-hydrogen) atoms. The Hall–Kier alpha value is -4.28. The van der Waals surface area contributed by atoms with Gasteiger partial charge in [-0.2, -0.15) is 5.10 Å². The first-order valence-corrected chi connectivity index (χ1v) is 10.3. The summed E-state index contributed by atoms with van der Waals surface area (Å²) in [4.78, 5) is 31.8. The van der Waals surface area contributed by atoms with Crippen molar-refractivity contribution in [3.8, 4) is 17.1 Å². The molecule has 1 aromatic carbocycles. The van der Waals surface area contributed by atoms with Crippen molar-refractivity contribution in [1.29, 1.82) is 0 Å². The molecule has 0 radical (unpaired) electrons. The van der Waals surface area contributed by atoms with E-state index < -0.39 is 12.8 Å². The zero-order valence-corrected chi connectivity index (χ0v) is 17.7. The van der Waals surface area contributed by atoms with Crippen LogP contribution in [0.2, 0.25) is 0 Å². The lowest BCUT2D eigenvalue weighted by molar-refractivity contribution is 0.0648. The van der Waals surface area contributed by atoms with Crippen LogP contribution in [0.3, 0.4) is 0 Å². The Kier molecular flexibility index (Phi) is 5.21. The Bertz CT molecular complexity index is 1360. The lowest BCUT2D eigenvalue weighted by Crippen LogP contribution is -2.42. The molecule has 3 aromatic heterocycles. The molecule has 0 saturated carbocycles.